The van der Waals surface area contributed by atoms with Crippen molar-refractivity contribution >= 4 is 21.8 Å². The number of hydrogen-bond donors (Lipinski definition) is 3. The van der Waals surface area contributed by atoms with Crippen molar-refractivity contribution in [2.24, 2.45) is 0 Å². The van der Waals surface area contributed by atoms with Crippen LogP contribution in [0.4, 0.5) is 4.39 Å². The maximum atomic E-state index is 12.8. The number of carbonyl (C=O) groups is 2. The molecule has 33 heavy (non-hydrogen) atoms. The third-order valence-corrected chi connectivity index (χ3v) is 5.89. The Morgan fingerprint density at radius 1 is 0.970 bits per heavy atom. The second-order valence-electron chi connectivity index (χ2n) is 7.00. The highest BCUT2D eigenvalue weighted by Crippen LogP contribution is 2.31. The Labute approximate surface area is 190 Å². The summed E-state index contributed by atoms with van der Waals surface area (Å²) >= 11 is 0. The molecule has 0 saturated carbocycles. The Balaban J connectivity index is 1.35. The molecule has 0 aliphatic carbocycles. The number of halogens is 1. The average Bonchev–Trinajstić information content (AvgIpc) is 3.05. The molecule has 0 atom stereocenters. The zero-order valence-electron chi connectivity index (χ0n) is 17.6. The molecule has 0 bridgehead atoms. The van der Waals surface area contributed by atoms with Crippen molar-refractivity contribution in [3.8, 4) is 17.2 Å². The van der Waals surface area contributed by atoms with E-state index < -0.39 is 27.7 Å². The number of carbonyl (C=O) groups excluding carboxylic acids is 2. The molecular weight excluding hydrogens is 457 g/mol. The molecule has 3 rings (SSSR count). The smallest absolute Gasteiger partial charge is 0.276 e. The Morgan fingerprint density at radius 2 is 1.67 bits per heavy atom. The summed E-state index contributed by atoms with van der Waals surface area (Å²) in [6, 6.07) is 9.50. The van der Waals surface area contributed by atoms with Crippen LogP contribution >= 0.6 is 0 Å². The number of hydrogen-bond acceptors (Lipinski definition) is 7. The van der Waals surface area contributed by atoms with E-state index in [0.29, 0.717) is 36.9 Å². The van der Waals surface area contributed by atoms with Gasteiger partial charge in [0.15, 0.2) is 18.1 Å². The van der Waals surface area contributed by atoms with Crippen LogP contribution < -0.4 is 29.8 Å². The highest BCUT2D eigenvalue weighted by molar-refractivity contribution is 7.89. The van der Waals surface area contributed by atoms with Crippen LogP contribution in [-0.4, -0.2) is 46.6 Å². The van der Waals surface area contributed by atoms with E-state index in [2.05, 4.69) is 15.6 Å². The summed E-state index contributed by atoms with van der Waals surface area (Å²) in [7, 11) is -3.79. The monoisotopic (exact) mass is 481 g/mol. The maximum absolute atomic E-state index is 12.8. The molecule has 0 aromatic heterocycles. The summed E-state index contributed by atoms with van der Waals surface area (Å²) < 4.78 is 56.3. The zero-order chi connectivity index (χ0) is 23.7. The molecule has 0 radical (unpaired) electrons. The SMILES string of the molecule is O=C(CCCNS(=O)(=O)c1ccc2c(c1)OCCCO2)NNC(=O)COc1ccc(F)cc1. The van der Waals surface area contributed by atoms with E-state index in [1.807, 2.05) is 0 Å². The lowest BCUT2D eigenvalue weighted by Crippen LogP contribution is -2.44. The van der Waals surface area contributed by atoms with Gasteiger partial charge in [0.1, 0.15) is 11.6 Å². The van der Waals surface area contributed by atoms with E-state index in [-0.39, 0.29) is 30.9 Å². The molecule has 10 nitrogen and oxygen atoms in total. The average molecular weight is 482 g/mol. The summed E-state index contributed by atoms with van der Waals surface area (Å²) in [5.41, 5.74) is 4.39. The lowest BCUT2D eigenvalue weighted by molar-refractivity contribution is -0.130. The summed E-state index contributed by atoms with van der Waals surface area (Å²) in [5.74, 6) is -0.369. The Hall–Kier alpha value is -3.38. The predicted molar refractivity (Wildman–Crippen MR) is 115 cm³/mol. The van der Waals surface area contributed by atoms with Crippen LogP contribution in [0.2, 0.25) is 0 Å². The summed E-state index contributed by atoms with van der Waals surface area (Å²) in [4.78, 5) is 23.6. The minimum atomic E-state index is -3.79. The van der Waals surface area contributed by atoms with E-state index in [4.69, 9.17) is 14.2 Å². The van der Waals surface area contributed by atoms with Gasteiger partial charge in [0.2, 0.25) is 15.9 Å². The quantitative estimate of drug-likeness (QED) is 0.363. The van der Waals surface area contributed by atoms with Gasteiger partial charge in [-0.05, 0) is 42.8 Å². The van der Waals surface area contributed by atoms with Crippen molar-refractivity contribution in [2.45, 2.75) is 24.2 Å². The third kappa shape index (κ3) is 7.61. The molecule has 2 amide bonds. The second-order valence-corrected chi connectivity index (χ2v) is 8.77. The third-order valence-electron chi connectivity index (χ3n) is 4.43. The van der Waals surface area contributed by atoms with Crippen molar-refractivity contribution < 1.29 is 36.6 Å². The van der Waals surface area contributed by atoms with E-state index in [1.165, 1.54) is 36.4 Å². The minimum absolute atomic E-state index is 0.0197. The molecule has 1 aliphatic heterocycles. The number of amides is 2. The molecule has 0 spiro atoms. The summed E-state index contributed by atoms with van der Waals surface area (Å²) in [6.45, 7) is 0.585. The van der Waals surface area contributed by atoms with Gasteiger partial charge >= 0.3 is 0 Å². The second kappa shape index (κ2) is 11.5. The first kappa shape index (κ1) is 24.3. The first-order valence-electron chi connectivity index (χ1n) is 10.2. The molecule has 0 unspecified atom stereocenters. The van der Waals surface area contributed by atoms with Gasteiger partial charge in [-0.25, -0.2) is 17.5 Å². The fourth-order valence-corrected chi connectivity index (χ4v) is 3.86. The minimum Gasteiger partial charge on any atom is -0.490 e. The molecular formula is C21H24FN3O7S. The van der Waals surface area contributed by atoms with Gasteiger partial charge in [0, 0.05) is 25.5 Å². The lowest BCUT2D eigenvalue weighted by atomic mass is 10.3. The first-order chi connectivity index (χ1) is 15.8. The molecule has 1 aliphatic rings. The Bertz CT molecular complexity index is 1080. The van der Waals surface area contributed by atoms with Crippen molar-refractivity contribution in [2.75, 3.05) is 26.4 Å². The number of rotatable bonds is 9. The number of nitrogens with one attached hydrogen (secondary N) is 3. The number of benzene rings is 2. The van der Waals surface area contributed by atoms with E-state index in [0.717, 1.165) is 0 Å². The van der Waals surface area contributed by atoms with Crippen LogP contribution in [-0.2, 0) is 19.6 Å². The van der Waals surface area contributed by atoms with Crippen LogP contribution in [0.15, 0.2) is 47.4 Å². The maximum Gasteiger partial charge on any atom is 0.276 e. The summed E-state index contributed by atoms with van der Waals surface area (Å²) in [5, 5.41) is 0. The Kier molecular flexibility index (Phi) is 8.44. The van der Waals surface area contributed by atoms with E-state index >= 15 is 0 Å². The molecule has 0 saturated heterocycles. The van der Waals surface area contributed by atoms with Crippen molar-refractivity contribution in [1.82, 2.24) is 15.6 Å². The van der Waals surface area contributed by atoms with Gasteiger partial charge in [-0.3, -0.25) is 20.4 Å². The van der Waals surface area contributed by atoms with Crippen LogP contribution in [0.25, 0.3) is 0 Å². The fourth-order valence-electron chi connectivity index (χ4n) is 2.77. The number of ether oxygens (including phenoxy) is 3. The van der Waals surface area contributed by atoms with Gasteiger partial charge < -0.3 is 14.2 Å². The van der Waals surface area contributed by atoms with Crippen LogP contribution in [0, 0.1) is 5.82 Å². The lowest BCUT2D eigenvalue weighted by Gasteiger charge is -2.11. The van der Waals surface area contributed by atoms with Gasteiger partial charge in [0.05, 0.1) is 18.1 Å². The normalized spacial score (nSPS) is 13.0. The zero-order valence-corrected chi connectivity index (χ0v) is 18.5. The number of fused-ring (bicyclic) bond motifs is 1. The fraction of sp³-hybridized carbons (Fsp3) is 0.333. The van der Waals surface area contributed by atoms with E-state index in [9.17, 15) is 22.4 Å². The summed E-state index contributed by atoms with van der Waals surface area (Å²) in [6.07, 6.45) is 0.888. The molecule has 2 aromatic rings. The standard InChI is InChI=1S/C21H24FN3O7S/c22-15-4-6-16(7-5-15)32-14-21(27)25-24-20(26)3-1-10-23-33(28,29)17-8-9-18-19(13-17)31-12-2-11-30-18/h4-9,13,23H,1-3,10-12,14H2,(H,24,26)(H,25,27). The topological polar surface area (TPSA) is 132 Å². The predicted octanol–water partition coefficient (Wildman–Crippen LogP) is 1.27. The highest BCUT2D eigenvalue weighted by atomic mass is 32.2. The molecule has 0 fully saturated rings. The highest BCUT2D eigenvalue weighted by Gasteiger charge is 2.18. The number of sulfonamides is 1. The number of hydrazine groups is 1. The molecule has 1 heterocycles. The van der Waals surface area contributed by atoms with Crippen molar-refractivity contribution in [1.29, 1.82) is 0 Å². The van der Waals surface area contributed by atoms with Gasteiger partial charge in [-0.2, -0.15) is 0 Å². The van der Waals surface area contributed by atoms with Crippen molar-refractivity contribution in [3.63, 3.8) is 0 Å². The van der Waals surface area contributed by atoms with Crippen LogP contribution in [0.1, 0.15) is 19.3 Å². The molecule has 2 aromatic carbocycles. The molecule has 12 heteroatoms. The van der Waals surface area contributed by atoms with Crippen LogP contribution in [0.3, 0.4) is 0 Å². The van der Waals surface area contributed by atoms with Crippen molar-refractivity contribution in [3.05, 3.63) is 48.3 Å². The largest absolute Gasteiger partial charge is 0.490 e. The van der Waals surface area contributed by atoms with E-state index in [1.54, 1.807) is 6.07 Å². The van der Waals surface area contributed by atoms with Gasteiger partial charge in [-0.1, -0.05) is 0 Å². The molecule has 178 valence electrons. The Morgan fingerprint density at radius 3 is 2.42 bits per heavy atom. The van der Waals surface area contributed by atoms with Gasteiger partial charge in [0.25, 0.3) is 5.91 Å². The van der Waals surface area contributed by atoms with Gasteiger partial charge in [-0.15, -0.1) is 0 Å². The first-order valence-corrected chi connectivity index (χ1v) is 11.7. The van der Waals surface area contributed by atoms with Crippen LogP contribution in [0.5, 0.6) is 17.2 Å². The molecule has 3 N–H and O–H groups in total.